The molecule has 38 heavy (non-hydrogen) atoms. The third-order valence-corrected chi connectivity index (χ3v) is 7.05. The van der Waals surface area contributed by atoms with Gasteiger partial charge in [0.2, 0.25) is 5.91 Å². The van der Waals surface area contributed by atoms with Gasteiger partial charge in [-0.25, -0.2) is 9.37 Å². The molecule has 3 N–H and O–H groups in total. The fraction of sp³-hybridized carbons (Fsp3) is 0.276. The van der Waals surface area contributed by atoms with Crippen molar-refractivity contribution < 1.29 is 18.7 Å². The summed E-state index contributed by atoms with van der Waals surface area (Å²) in [7, 11) is 0. The van der Waals surface area contributed by atoms with Gasteiger partial charge in [-0.2, -0.15) is 0 Å². The zero-order valence-electron chi connectivity index (χ0n) is 20.8. The van der Waals surface area contributed by atoms with Crippen molar-refractivity contribution in [3.63, 3.8) is 0 Å². The molecule has 9 heteroatoms. The molecule has 5 rings (SSSR count). The fourth-order valence-corrected chi connectivity index (χ4v) is 5.05. The zero-order chi connectivity index (χ0) is 26.6. The Kier molecular flexibility index (Phi) is 7.60. The number of carbonyl (C=O) groups excluding carboxylic acids is 2. The second kappa shape index (κ2) is 11.2. The van der Waals surface area contributed by atoms with Crippen LogP contribution in [-0.2, 0) is 11.2 Å². The number of rotatable bonds is 6. The molecule has 3 aromatic rings. The number of nitrogens with zero attached hydrogens (tertiary/aromatic N) is 2. The van der Waals surface area contributed by atoms with Crippen molar-refractivity contribution in [2.75, 3.05) is 25.4 Å². The molecular weight excluding hydrogens is 507 g/mol. The molecule has 1 saturated heterocycles. The Morgan fingerprint density at radius 2 is 1.95 bits per heavy atom. The van der Waals surface area contributed by atoms with Crippen molar-refractivity contribution in [1.82, 2.24) is 15.2 Å². The second-order valence-electron chi connectivity index (χ2n) is 9.53. The van der Waals surface area contributed by atoms with Crippen LogP contribution in [0.2, 0.25) is 5.02 Å². The average molecular weight is 535 g/mol. The Morgan fingerprint density at radius 3 is 2.68 bits per heavy atom. The Bertz CT molecular complexity index is 1390. The molecule has 1 unspecified atom stereocenters. The molecule has 196 valence electrons. The third-order valence-electron chi connectivity index (χ3n) is 6.77. The van der Waals surface area contributed by atoms with Crippen molar-refractivity contribution in [1.29, 1.82) is 0 Å². The molecule has 2 aliphatic rings. The van der Waals surface area contributed by atoms with Gasteiger partial charge in [0.15, 0.2) is 0 Å². The summed E-state index contributed by atoms with van der Waals surface area (Å²) in [4.78, 5) is 30.7. The summed E-state index contributed by atoms with van der Waals surface area (Å²) >= 11 is 6.51. The molecule has 0 aliphatic carbocycles. The van der Waals surface area contributed by atoms with Gasteiger partial charge in [-0.1, -0.05) is 17.7 Å². The quantitative estimate of drug-likeness (QED) is 0.439. The molecule has 3 heterocycles. The number of amides is 2. The maximum atomic E-state index is 15.0. The third kappa shape index (κ3) is 5.81. The Hall–Kier alpha value is -3.91. The maximum absolute atomic E-state index is 15.0. The highest BCUT2D eigenvalue weighted by atomic mass is 35.5. The largest absolute Gasteiger partial charge is 0.486 e. The first-order valence-electron chi connectivity index (χ1n) is 12.6. The van der Waals surface area contributed by atoms with E-state index in [9.17, 15) is 14.0 Å². The van der Waals surface area contributed by atoms with Crippen molar-refractivity contribution in [3.8, 4) is 16.9 Å². The summed E-state index contributed by atoms with van der Waals surface area (Å²) in [6, 6.07) is 11.8. The molecule has 0 bridgehead atoms. The summed E-state index contributed by atoms with van der Waals surface area (Å²) in [5.74, 6) is -0.0943. The van der Waals surface area contributed by atoms with Crippen LogP contribution in [0.5, 0.6) is 5.75 Å². The lowest BCUT2D eigenvalue weighted by atomic mass is 9.99. The predicted molar refractivity (Wildman–Crippen MR) is 145 cm³/mol. The number of likely N-dealkylation sites (tertiary alicyclic amines) is 1. The fourth-order valence-electron chi connectivity index (χ4n) is 4.76. The van der Waals surface area contributed by atoms with Crippen LogP contribution < -0.4 is 15.8 Å². The van der Waals surface area contributed by atoms with E-state index in [1.807, 2.05) is 6.07 Å². The Morgan fingerprint density at radius 1 is 1.13 bits per heavy atom. The van der Waals surface area contributed by atoms with E-state index in [2.05, 4.69) is 10.3 Å². The van der Waals surface area contributed by atoms with E-state index in [1.165, 1.54) is 12.1 Å². The van der Waals surface area contributed by atoms with Crippen LogP contribution in [0.4, 0.5) is 10.2 Å². The van der Waals surface area contributed by atoms with Crippen LogP contribution in [0.25, 0.3) is 17.2 Å². The Balaban J connectivity index is 1.22. The summed E-state index contributed by atoms with van der Waals surface area (Å²) in [5.41, 5.74) is 8.66. The number of nitrogens with one attached hydrogen (secondary N) is 1. The van der Waals surface area contributed by atoms with Gasteiger partial charge >= 0.3 is 0 Å². The lowest BCUT2D eigenvalue weighted by molar-refractivity contribution is -0.116. The molecule has 2 amide bonds. The van der Waals surface area contributed by atoms with Gasteiger partial charge in [-0.05, 0) is 78.4 Å². The zero-order valence-corrected chi connectivity index (χ0v) is 21.5. The minimum Gasteiger partial charge on any atom is -0.486 e. The molecule has 2 aromatic carbocycles. The number of aromatic nitrogens is 1. The van der Waals surface area contributed by atoms with Crippen molar-refractivity contribution >= 4 is 35.3 Å². The van der Waals surface area contributed by atoms with Gasteiger partial charge in [0, 0.05) is 37.3 Å². The number of ether oxygens (including phenoxy) is 1. The van der Waals surface area contributed by atoms with Crippen molar-refractivity contribution in [2.45, 2.75) is 31.8 Å². The standard InChI is InChI=1S/C29H28ClFN4O3/c30-24-14-20(19-6-7-23(25(31)15-19)29(37)35-10-2-1-3-11-35)12-21-13-22(38-28(21)24)17-34-27(36)9-5-18-4-8-26(32)33-16-18/h4-9,12,14-16,22H,1-3,10-11,13,17H2,(H2,32,33)(H,34,36)/b9-5+. The monoisotopic (exact) mass is 534 g/mol. The number of nitrogen functional groups attached to an aromatic ring is 1. The molecule has 1 aromatic heterocycles. The number of hydrogen-bond acceptors (Lipinski definition) is 5. The smallest absolute Gasteiger partial charge is 0.256 e. The normalized spacial score (nSPS) is 16.8. The van der Waals surface area contributed by atoms with Crippen LogP contribution in [0, 0.1) is 5.82 Å². The highest BCUT2D eigenvalue weighted by Gasteiger charge is 2.27. The van der Waals surface area contributed by atoms with E-state index in [1.54, 1.807) is 47.5 Å². The van der Waals surface area contributed by atoms with Crippen molar-refractivity contribution in [3.05, 3.63) is 82.3 Å². The molecule has 1 fully saturated rings. The van der Waals surface area contributed by atoms with Crippen LogP contribution >= 0.6 is 11.6 Å². The number of fused-ring (bicyclic) bond motifs is 1. The van der Waals surface area contributed by atoms with E-state index < -0.39 is 5.82 Å². The number of anilines is 1. The van der Waals surface area contributed by atoms with Crippen LogP contribution in [-0.4, -0.2) is 47.4 Å². The van der Waals surface area contributed by atoms with E-state index in [0.29, 0.717) is 48.2 Å². The van der Waals surface area contributed by atoms with Gasteiger partial charge in [-0.3, -0.25) is 9.59 Å². The SMILES string of the molecule is Nc1ccc(/C=C/C(=O)NCC2Cc3cc(-c4ccc(C(=O)N5CCCCC5)c(F)c4)cc(Cl)c3O2)cn1. The molecule has 0 radical (unpaired) electrons. The number of piperidine rings is 1. The summed E-state index contributed by atoms with van der Waals surface area (Å²) < 4.78 is 21.0. The summed E-state index contributed by atoms with van der Waals surface area (Å²) in [6.07, 6.45) is 7.92. The first-order chi connectivity index (χ1) is 18.4. The van der Waals surface area contributed by atoms with Crippen molar-refractivity contribution in [2.24, 2.45) is 0 Å². The summed E-state index contributed by atoms with van der Waals surface area (Å²) in [6.45, 7) is 1.63. The molecular formula is C29H28ClFN4O3. The predicted octanol–water partition coefficient (Wildman–Crippen LogP) is 4.88. The van der Waals surface area contributed by atoms with E-state index >= 15 is 0 Å². The topological polar surface area (TPSA) is 97.5 Å². The van der Waals surface area contributed by atoms with Crippen LogP contribution in [0.1, 0.15) is 40.7 Å². The van der Waals surface area contributed by atoms with E-state index in [-0.39, 0.29) is 23.5 Å². The van der Waals surface area contributed by atoms with Gasteiger partial charge in [0.1, 0.15) is 23.5 Å². The second-order valence-corrected chi connectivity index (χ2v) is 9.94. The number of halogens is 2. The van der Waals surface area contributed by atoms with E-state index in [0.717, 1.165) is 36.0 Å². The first kappa shape index (κ1) is 25.7. The number of benzene rings is 2. The molecule has 0 saturated carbocycles. The number of nitrogens with two attached hydrogens (primary N) is 1. The van der Waals surface area contributed by atoms with Gasteiger partial charge in [-0.15, -0.1) is 0 Å². The number of carbonyl (C=O) groups is 2. The molecule has 2 aliphatic heterocycles. The van der Waals surface area contributed by atoms with E-state index in [4.69, 9.17) is 22.1 Å². The minimum absolute atomic E-state index is 0.0868. The van der Waals surface area contributed by atoms with Gasteiger partial charge in [0.25, 0.3) is 5.91 Å². The first-order valence-corrected chi connectivity index (χ1v) is 13.0. The van der Waals surface area contributed by atoms with Crippen LogP contribution in [0.3, 0.4) is 0 Å². The highest BCUT2D eigenvalue weighted by molar-refractivity contribution is 6.32. The molecule has 0 spiro atoms. The molecule has 1 atom stereocenters. The lowest BCUT2D eigenvalue weighted by Gasteiger charge is -2.26. The minimum atomic E-state index is -0.547. The Labute approximate surface area is 225 Å². The maximum Gasteiger partial charge on any atom is 0.256 e. The highest BCUT2D eigenvalue weighted by Crippen LogP contribution is 2.40. The average Bonchev–Trinajstić information content (AvgIpc) is 3.35. The van der Waals surface area contributed by atoms with Gasteiger partial charge < -0.3 is 20.7 Å². The van der Waals surface area contributed by atoms with Gasteiger partial charge in [0.05, 0.1) is 17.1 Å². The number of hydrogen-bond donors (Lipinski definition) is 2. The lowest BCUT2D eigenvalue weighted by Crippen LogP contribution is -2.36. The number of pyridine rings is 1. The van der Waals surface area contributed by atoms with Crippen LogP contribution in [0.15, 0.2) is 54.7 Å². The molecule has 7 nitrogen and oxygen atoms in total. The summed E-state index contributed by atoms with van der Waals surface area (Å²) in [5, 5.41) is 3.25.